The average Bonchev–Trinajstić information content (AvgIpc) is 2.99. The van der Waals surface area contributed by atoms with E-state index in [1.54, 1.807) is 6.07 Å². The SMILES string of the molecule is COc1ccc(CS(=O)C(C)c2cccs2)cc1SC(F)(F)F. The highest BCUT2D eigenvalue weighted by Gasteiger charge is 2.31. The van der Waals surface area contributed by atoms with Gasteiger partial charge in [0, 0.05) is 21.4 Å². The van der Waals surface area contributed by atoms with Gasteiger partial charge >= 0.3 is 5.51 Å². The van der Waals surface area contributed by atoms with Crippen LogP contribution in [0.15, 0.2) is 40.6 Å². The van der Waals surface area contributed by atoms with Crippen LogP contribution in [0.5, 0.6) is 5.75 Å². The van der Waals surface area contributed by atoms with Crippen molar-refractivity contribution >= 4 is 33.9 Å². The van der Waals surface area contributed by atoms with E-state index in [-0.39, 0.29) is 33.4 Å². The lowest BCUT2D eigenvalue weighted by atomic mass is 10.2. The maximum atomic E-state index is 12.6. The van der Waals surface area contributed by atoms with Crippen molar-refractivity contribution in [3.63, 3.8) is 0 Å². The second-order valence-electron chi connectivity index (χ2n) is 4.72. The standard InChI is InChI=1S/C15H15F3O2S3/c1-10(13-4-3-7-21-13)23(19)9-11-5-6-12(20-2)14(8-11)22-15(16,17)18/h3-8,10H,9H2,1-2H3. The maximum absolute atomic E-state index is 12.6. The zero-order valence-corrected chi connectivity index (χ0v) is 14.9. The average molecular weight is 380 g/mol. The lowest BCUT2D eigenvalue weighted by Crippen LogP contribution is -2.05. The van der Waals surface area contributed by atoms with Crippen LogP contribution >= 0.6 is 23.1 Å². The largest absolute Gasteiger partial charge is 0.496 e. The molecule has 0 aliphatic heterocycles. The molecule has 0 amide bonds. The minimum atomic E-state index is -4.39. The van der Waals surface area contributed by atoms with Gasteiger partial charge < -0.3 is 4.74 Å². The van der Waals surface area contributed by atoms with Crippen LogP contribution in [0.1, 0.15) is 22.6 Å². The number of halogens is 3. The summed E-state index contributed by atoms with van der Waals surface area (Å²) < 4.78 is 55.2. The Bertz CT molecular complexity index is 669. The number of rotatable bonds is 6. The third kappa shape index (κ3) is 5.26. The molecular weight excluding hydrogens is 365 g/mol. The van der Waals surface area contributed by atoms with Gasteiger partial charge in [0.1, 0.15) is 5.75 Å². The van der Waals surface area contributed by atoms with Gasteiger partial charge in [-0.3, -0.25) is 4.21 Å². The zero-order chi connectivity index (χ0) is 17.0. The van der Waals surface area contributed by atoms with Gasteiger partial charge in [-0.1, -0.05) is 12.1 Å². The van der Waals surface area contributed by atoms with Gasteiger partial charge in [0.15, 0.2) is 0 Å². The predicted molar refractivity (Wildman–Crippen MR) is 89.5 cm³/mol. The smallest absolute Gasteiger partial charge is 0.446 e. The normalized spacial score (nSPS) is 14.5. The molecule has 1 heterocycles. The quantitative estimate of drug-likeness (QED) is 0.630. The fourth-order valence-corrected chi connectivity index (χ4v) is 4.92. The van der Waals surface area contributed by atoms with Crippen molar-refractivity contribution < 1.29 is 22.1 Å². The highest BCUT2D eigenvalue weighted by Crippen LogP contribution is 2.42. The van der Waals surface area contributed by atoms with E-state index < -0.39 is 16.3 Å². The van der Waals surface area contributed by atoms with Crippen LogP contribution in [0.25, 0.3) is 0 Å². The number of alkyl halides is 3. The number of benzene rings is 1. The molecule has 0 saturated heterocycles. The Morgan fingerprint density at radius 1 is 1.35 bits per heavy atom. The van der Waals surface area contributed by atoms with E-state index in [1.165, 1.54) is 30.6 Å². The second-order valence-corrected chi connectivity index (χ2v) is 8.56. The summed E-state index contributed by atoms with van der Waals surface area (Å²) in [5.74, 6) is 0.363. The molecule has 0 aliphatic carbocycles. The van der Waals surface area contributed by atoms with Crippen LogP contribution in [0.3, 0.4) is 0 Å². The molecule has 8 heteroatoms. The lowest BCUT2D eigenvalue weighted by molar-refractivity contribution is -0.0328. The number of methoxy groups -OCH3 is 1. The van der Waals surface area contributed by atoms with E-state index in [1.807, 2.05) is 24.4 Å². The summed E-state index contributed by atoms with van der Waals surface area (Å²) in [5, 5.41) is 1.75. The molecule has 0 bridgehead atoms. The Morgan fingerprint density at radius 3 is 2.65 bits per heavy atom. The number of hydrogen-bond donors (Lipinski definition) is 0. The van der Waals surface area contributed by atoms with Gasteiger partial charge in [0.2, 0.25) is 0 Å². The third-order valence-electron chi connectivity index (χ3n) is 3.10. The molecule has 126 valence electrons. The van der Waals surface area contributed by atoms with E-state index in [2.05, 4.69) is 0 Å². The predicted octanol–water partition coefficient (Wildman–Crippen LogP) is 5.38. The maximum Gasteiger partial charge on any atom is 0.446 e. The van der Waals surface area contributed by atoms with E-state index in [0.29, 0.717) is 5.56 Å². The van der Waals surface area contributed by atoms with Crippen LogP contribution in [0, 0.1) is 0 Å². The number of ether oxygens (including phenoxy) is 1. The molecule has 2 rings (SSSR count). The lowest BCUT2D eigenvalue weighted by Gasteiger charge is -2.13. The van der Waals surface area contributed by atoms with Crippen molar-refractivity contribution in [1.82, 2.24) is 0 Å². The number of thiophene rings is 1. The number of hydrogen-bond acceptors (Lipinski definition) is 4. The molecule has 0 saturated carbocycles. The molecule has 0 fully saturated rings. The van der Waals surface area contributed by atoms with Crippen LogP contribution < -0.4 is 4.74 Å². The molecule has 0 spiro atoms. The molecule has 2 unspecified atom stereocenters. The van der Waals surface area contributed by atoms with Gasteiger partial charge in [-0.05, 0) is 47.8 Å². The molecule has 23 heavy (non-hydrogen) atoms. The second kappa shape index (κ2) is 7.72. The Labute approximate surface area is 143 Å². The van der Waals surface area contributed by atoms with Gasteiger partial charge in [0.25, 0.3) is 0 Å². The molecule has 1 aromatic carbocycles. The first-order valence-corrected chi connectivity index (χ1v) is 9.71. The Balaban J connectivity index is 2.16. The summed E-state index contributed by atoms with van der Waals surface area (Å²) in [7, 11) is 0.120. The van der Waals surface area contributed by atoms with E-state index in [9.17, 15) is 17.4 Å². The monoisotopic (exact) mass is 380 g/mol. The summed E-state index contributed by atoms with van der Waals surface area (Å²) >= 11 is 1.30. The first-order valence-electron chi connectivity index (χ1n) is 6.63. The molecule has 0 aliphatic rings. The molecule has 2 aromatic rings. The summed E-state index contributed by atoms with van der Waals surface area (Å²) in [5.41, 5.74) is -3.80. The summed E-state index contributed by atoms with van der Waals surface area (Å²) in [4.78, 5) is 0.986. The highest BCUT2D eigenvalue weighted by atomic mass is 32.2. The minimum absolute atomic E-state index is 0.0155. The fraction of sp³-hybridized carbons (Fsp3) is 0.333. The topological polar surface area (TPSA) is 26.3 Å². The molecule has 2 nitrogen and oxygen atoms in total. The molecule has 0 N–H and O–H groups in total. The zero-order valence-electron chi connectivity index (χ0n) is 12.4. The summed E-state index contributed by atoms with van der Waals surface area (Å²) in [6.45, 7) is 1.86. The molecule has 1 aromatic heterocycles. The number of thioether (sulfide) groups is 1. The summed E-state index contributed by atoms with van der Waals surface area (Å²) in [6.07, 6.45) is 0. The van der Waals surface area contributed by atoms with E-state index in [4.69, 9.17) is 4.74 Å². The van der Waals surface area contributed by atoms with Crippen LogP contribution in [-0.4, -0.2) is 16.8 Å². The van der Waals surface area contributed by atoms with Crippen molar-refractivity contribution in [1.29, 1.82) is 0 Å². The first-order chi connectivity index (χ1) is 10.8. The van der Waals surface area contributed by atoms with Crippen molar-refractivity contribution in [2.75, 3.05) is 7.11 Å². The molecular formula is C15H15F3O2S3. The van der Waals surface area contributed by atoms with Crippen LogP contribution in [0.2, 0.25) is 0 Å². The highest BCUT2D eigenvalue weighted by molar-refractivity contribution is 8.00. The fourth-order valence-electron chi connectivity index (χ4n) is 1.96. The van der Waals surface area contributed by atoms with Crippen LogP contribution in [-0.2, 0) is 16.6 Å². The van der Waals surface area contributed by atoms with Gasteiger partial charge in [-0.25, -0.2) is 0 Å². The Kier molecular flexibility index (Phi) is 6.16. The van der Waals surface area contributed by atoms with Crippen molar-refractivity contribution in [3.05, 3.63) is 46.2 Å². The van der Waals surface area contributed by atoms with Crippen molar-refractivity contribution in [3.8, 4) is 5.75 Å². The molecule has 0 radical (unpaired) electrons. The third-order valence-corrected chi connectivity index (χ3v) is 6.74. The van der Waals surface area contributed by atoms with Gasteiger partial charge in [-0.15, -0.1) is 11.3 Å². The Morgan fingerprint density at radius 2 is 2.09 bits per heavy atom. The van der Waals surface area contributed by atoms with E-state index in [0.717, 1.165) is 4.88 Å². The summed E-state index contributed by atoms with van der Waals surface area (Å²) in [6, 6.07) is 8.33. The minimum Gasteiger partial charge on any atom is -0.496 e. The molecule has 2 atom stereocenters. The van der Waals surface area contributed by atoms with E-state index >= 15 is 0 Å². The van der Waals surface area contributed by atoms with Crippen molar-refractivity contribution in [2.45, 2.75) is 28.3 Å². The Hall–Kier alpha value is -0.990. The van der Waals surface area contributed by atoms with Crippen LogP contribution in [0.4, 0.5) is 13.2 Å². The van der Waals surface area contributed by atoms with Gasteiger partial charge in [-0.2, -0.15) is 13.2 Å². The first kappa shape index (κ1) is 18.4. The van der Waals surface area contributed by atoms with Crippen molar-refractivity contribution in [2.24, 2.45) is 0 Å². The van der Waals surface area contributed by atoms with Gasteiger partial charge in [0.05, 0.1) is 17.3 Å².